The van der Waals surface area contributed by atoms with Crippen molar-refractivity contribution in [2.45, 2.75) is 32.9 Å². The van der Waals surface area contributed by atoms with Crippen molar-refractivity contribution in [1.82, 2.24) is 19.2 Å². The summed E-state index contributed by atoms with van der Waals surface area (Å²) in [5, 5.41) is 0.493. The fourth-order valence-electron chi connectivity index (χ4n) is 2.85. The summed E-state index contributed by atoms with van der Waals surface area (Å²) in [6.07, 6.45) is 1.28. The van der Waals surface area contributed by atoms with Crippen LogP contribution in [0.4, 0.5) is 4.79 Å². The first-order valence-corrected chi connectivity index (χ1v) is 8.97. The molecule has 0 aliphatic carbocycles. The third-order valence-corrected chi connectivity index (χ3v) is 4.31. The summed E-state index contributed by atoms with van der Waals surface area (Å²) in [4.78, 5) is 32.8. The van der Waals surface area contributed by atoms with Gasteiger partial charge in [-0.1, -0.05) is 11.6 Å². The highest BCUT2D eigenvalue weighted by Crippen LogP contribution is 2.13. The fourth-order valence-corrected chi connectivity index (χ4v) is 3.01. The molecular formula is C18H23ClN4O3. The summed E-state index contributed by atoms with van der Waals surface area (Å²) in [5.74, 6) is 0. The van der Waals surface area contributed by atoms with Crippen LogP contribution < -0.4 is 5.56 Å². The second kappa shape index (κ2) is 7.25. The number of ether oxygens (including phenoxy) is 1. The van der Waals surface area contributed by atoms with Crippen molar-refractivity contribution in [3.05, 3.63) is 45.5 Å². The molecule has 3 heterocycles. The lowest BCUT2D eigenvalue weighted by Gasteiger charge is -2.35. The predicted molar refractivity (Wildman–Crippen MR) is 99.6 cm³/mol. The molecule has 0 saturated carbocycles. The molecule has 1 amide bonds. The Bertz CT molecular complexity index is 867. The van der Waals surface area contributed by atoms with Crippen molar-refractivity contribution in [1.29, 1.82) is 0 Å². The lowest BCUT2D eigenvalue weighted by molar-refractivity contribution is 0.0138. The quantitative estimate of drug-likeness (QED) is 0.802. The summed E-state index contributed by atoms with van der Waals surface area (Å²) in [6, 6.07) is 4.98. The molecule has 1 fully saturated rings. The zero-order valence-corrected chi connectivity index (χ0v) is 16.0. The van der Waals surface area contributed by atoms with Gasteiger partial charge in [0.15, 0.2) is 0 Å². The maximum absolute atomic E-state index is 12.2. The van der Waals surface area contributed by atoms with Crippen LogP contribution in [0.15, 0.2) is 29.2 Å². The average molecular weight is 379 g/mol. The minimum absolute atomic E-state index is 0.153. The summed E-state index contributed by atoms with van der Waals surface area (Å²) in [6.45, 7) is 8.75. The van der Waals surface area contributed by atoms with Gasteiger partial charge in [0.25, 0.3) is 5.56 Å². The van der Waals surface area contributed by atoms with E-state index in [1.165, 1.54) is 10.5 Å². The number of nitrogens with zero attached hydrogens (tertiary/aromatic N) is 4. The number of halogens is 1. The standard InChI is InChI=1S/C18H23ClN4O3/c1-18(2,3)26-17(25)22-8-6-21(7-9-22)12-14-10-16(24)23-11-13(19)4-5-15(23)20-14/h4-5,10-11H,6-9,12H2,1-3H3. The van der Waals surface area contributed by atoms with Gasteiger partial charge in [0.05, 0.1) is 10.7 Å². The molecule has 140 valence electrons. The van der Waals surface area contributed by atoms with E-state index in [2.05, 4.69) is 9.88 Å². The van der Waals surface area contributed by atoms with E-state index in [1.54, 1.807) is 23.2 Å². The van der Waals surface area contributed by atoms with Gasteiger partial charge in [-0.15, -0.1) is 0 Å². The molecule has 1 aliphatic rings. The number of pyridine rings is 1. The van der Waals surface area contributed by atoms with Crippen molar-refractivity contribution in [2.24, 2.45) is 0 Å². The number of fused-ring (bicyclic) bond motifs is 1. The van der Waals surface area contributed by atoms with Crippen molar-refractivity contribution >= 4 is 23.3 Å². The van der Waals surface area contributed by atoms with E-state index in [0.29, 0.717) is 49.1 Å². The molecule has 0 radical (unpaired) electrons. The normalized spacial score (nSPS) is 16.1. The molecule has 8 heteroatoms. The monoisotopic (exact) mass is 378 g/mol. The summed E-state index contributed by atoms with van der Waals surface area (Å²) >= 11 is 5.93. The van der Waals surface area contributed by atoms with E-state index in [4.69, 9.17) is 16.3 Å². The molecule has 3 rings (SSSR count). The van der Waals surface area contributed by atoms with Crippen LogP contribution in [0.25, 0.3) is 5.65 Å². The number of hydrogen-bond acceptors (Lipinski definition) is 5. The Labute approximate surface area is 157 Å². The first kappa shape index (κ1) is 18.7. The molecule has 7 nitrogen and oxygen atoms in total. The minimum atomic E-state index is -0.492. The molecule has 0 spiro atoms. The molecule has 0 atom stereocenters. The summed E-state index contributed by atoms with van der Waals surface area (Å²) in [5.41, 5.74) is 0.640. The van der Waals surface area contributed by atoms with Gasteiger partial charge in [0, 0.05) is 45.0 Å². The molecule has 1 saturated heterocycles. The van der Waals surface area contributed by atoms with Gasteiger partial charge in [0.1, 0.15) is 11.2 Å². The Kier molecular flexibility index (Phi) is 5.20. The van der Waals surface area contributed by atoms with Crippen molar-refractivity contribution in [3.8, 4) is 0 Å². The van der Waals surface area contributed by atoms with Crippen molar-refractivity contribution in [3.63, 3.8) is 0 Å². The second-order valence-corrected chi connectivity index (χ2v) is 7.84. The van der Waals surface area contributed by atoms with Gasteiger partial charge in [-0.25, -0.2) is 9.78 Å². The molecule has 2 aromatic heterocycles. The maximum Gasteiger partial charge on any atom is 0.410 e. The number of carbonyl (C=O) groups is 1. The van der Waals surface area contributed by atoms with Crippen LogP contribution in [-0.2, 0) is 11.3 Å². The highest BCUT2D eigenvalue weighted by atomic mass is 35.5. The zero-order chi connectivity index (χ0) is 18.9. The Morgan fingerprint density at radius 1 is 1.23 bits per heavy atom. The average Bonchev–Trinajstić information content (AvgIpc) is 2.55. The third kappa shape index (κ3) is 4.53. The van der Waals surface area contributed by atoms with Gasteiger partial charge in [-0.05, 0) is 32.9 Å². The topological polar surface area (TPSA) is 67.2 Å². The fraction of sp³-hybridized carbons (Fsp3) is 0.500. The van der Waals surface area contributed by atoms with E-state index in [9.17, 15) is 9.59 Å². The summed E-state index contributed by atoms with van der Waals surface area (Å²) < 4.78 is 6.84. The molecule has 0 bridgehead atoms. The second-order valence-electron chi connectivity index (χ2n) is 7.40. The van der Waals surface area contributed by atoms with Crippen LogP contribution in [0.1, 0.15) is 26.5 Å². The Morgan fingerprint density at radius 2 is 1.92 bits per heavy atom. The highest BCUT2D eigenvalue weighted by Gasteiger charge is 2.26. The van der Waals surface area contributed by atoms with Crippen molar-refractivity contribution < 1.29 is 9.53 Å². The molecule has 0 N–H and O–H groups in total. The van der Waals surface area contributed by atoms with Gasteiger partial charge in [-0.2, -0.15) is 0 Å². The molecule has 2 aromatic rings. The summed E-state index contributed by atoms with van der Waals surface area (Å²) in [7, 11) is 0. The van der Waals surface area contributed by atoms with E-state index in [-0.39, 0.29) is 11.7 Å². The largest absolute Gasteiger partial charge is 0.444 e. The molecule has 0 aromatic carbocycles. The van der Waals surface area contributed by atoms with Crippen LogP contribution in [0, 0.1) is 0 Å². The van der Waals surface area contributed by atoms with E-state index in [0.717, 1.165) is 0 Å². The Morgan fingerprint density at radius 3 is 2.58 bits per heavy atom. The molecular weight excluding hydrogens is 356 g/mol. The lowest BCUT2D eigenvalue weighted by Crippen LogP contribution is -2.49. The van der Waals surface area contributed by atoms with Crippen molar-refractivity contribution in [2.75, 3.05) is 26.2 Å². The van der Waals surface area contributed by atoms with Crippen LogP contribution in [0.3, 0.4) is 0 Å². The van der Waals surface area contributed by atoms with Gasteiger partial charge in [0.2, 0.25) is 0 Å². The van der Waals surface area contributed by atoms with Gasteiger partial charge < -0.3 is 9.64 Å². The number of aromatic nitrogens is 2. The van der Waals surface area contributed by atoms with Crippen LogP contribution in [0.2, 0.25) is 5.02 Å². The number of carbonyl (C=O) groups excluding carboxylic acids is 1. The molecule has 0 unspecified atom stereocenters. The SMILES string of the molecule is CC(C)(C)OC(=O)N1CCN(Cc2cc(=O)n3cc(Cl)ccc3n2)CC1. The number of piperazine rings is 1. The lowest BCUT2D eigenvalue weighted by atomic mass is 10.2. The highest BCUT2D eigenvalue weighted by molar-refractivity contribution is 6.30. The van der Waals surface area contributed by atoms with E-state index in [1.807, 2.05) is 20.8 Å². The van der Waals surface area contributed by atoms with Crippen LogP contribution >= 0.6 is 11.6 Å². The smallest absolute Gasteiger partial charge is 0.410 e. The molecule has 1 aliphatic heterocycles. The first-order valence-electron chi connectivity index (χ1n) is 8.59. The van der Waals surface area contributed by atoms with E-state index >= 15 is 0 Å². The number of rotatable bonds is 2. The van der Waals surface area contributed by atoms with Crippen LogP contribution in [0.5, 0.6) is 0 Å². The minimum Gasteiger partial charge on any atom is -0.444 e. The van der Waals surface area contributed by atoms with E-state index < -0.39 is 5.60 Å². The first-order chi connectivity index (χ1) is 12.2. The predicted octanol–water partition coefficient (Wildman–Crippen LogP) is 2.40. The maximum atomic E-state index is 12.2. The molecule has 26 heavy (non-hydrogen) atoms. The Balaban J connectivity index is 1.63. The van der Waals surface area contributed by atoms with Gasteiger partial charge in [-0.3, -0.25) is 14.1 Å². The van der Waals surface area contributed by atoms with Crippen LogP contribution in [-0.4, -0.2) is 57.1 Å². The zero-order valence-electron chi connectivity index (χ0n) is 15.2. The number of hydrogen-bond donors (Lipinski definition) is 0. The number of amides is 1. The van der Waals surface area contributed by atoms with Gasteiger partial charge >= 0.3 is 6.09 Å². The Hall–Kier alpha value is -2.12. The third-order valence-electron chi connectivity index (χ3n) is 4.09.